The molecule has 1 saturated heterocycles. The first-order chi connectivity index (χ1) is 10.1. The Morgan fingerprint density at radius 1 is 1.10 bits per heavy atom. The minimum Gasteiger partial charge on any atom is -0.375 e. The zero-order valence-electron chi connectivity index (χ0n) is 12.8. The lowest BCUT2D eigenvalue weighted by Crippen LogP contribution is -2.28. The minimum atomic E-state index is 0.305. The van der Waals surface area contributed by atoms with E-state index in [1.54, 1.807) is 0 Å². The van der Waals surface area contributed by atoms with Crippen molar-refractivity contribution in [3.63, 3.8) is 0 Å². The van der Waals surface area contributed by atoms with Crippen LogP contribution in [0.1, 0.15) is 26.5 Å². The molecule has 5 unspecified atom stereocenters. The molecule has 21 heavy (non-hydrogen) atoms. The molecule has 1 fully saturated rings. The van der Waals surface area contributed by atoms with Crippen LogP contribution >= 0.6 is 15.9 Å². The van der Waals surface area contributed by atoms with Crippen LogP contribution in [0.25, 0.3) is 10.9 Å². The number of hydrogen-bond donors (Lipinski definition) is 0. The molecule has 2 heterocycles. The van der Waals surface area contributed by atoms with E-state index in [1.807, 2.05) is 6.07 Å². The first-order valence-corrected chi connectivity index (χ1v) is 8.62. The molecule has 0 saturated carbocycles. The van der Waals surface area contributed by atoms with Crippen LogP contribution in [0.3, 0.4) is 0 Å². The summed E-state index contributed by atoms with van der Waals surface area (Å²) in [5.74, 6) is 1.11. The summed E-state index contributed by atoms with van der Waals surface area (Å²) in [6.07, 6.45) is 1.59. The highest BCUT2D eigenvalue weighted by Crippen LogP contribution is 2.38. The number of pyridine rings is 1. The summed E-state index contributed by atoms with van der Waals surface area (Å²) in [6.45, 7) is 6.66. The predicted octanol–water partition coefficient (Wildman–Crippen LogP) is 4.60. The summed E-state index contributed by atoms with van der Waals surface area (Å²) >= 11 is 3.89. The molecule has 0 aliphatic carbocycles. The number of ether oxygens (including phenoxy) is 1. The van der Waals surface area contributed by atoms with Gasteiger partial charge in [0.2, 0.25) is 0 Å². The Labute approximate surface area is 135 Å². The van der Waals surface area contributed by atoms with Gasteiger partial charge in [-0.15, -0.1) is 0 Å². The van der Waals surface area contributed by atoms with E-state index in [2.05, 4.69) is 67.0 Å². The van der Waals surface area contributed by atoms with E-state index in [9.17, 15) is 0 Å². The zero-order valence-corrected chi connectivity index (χ0v) is 14.4. The molecular weight excluding hydrogens is 326 g/mol. The first-order valence-electron chi connectivity index (χ1n) is 7.70. The van der Waals surface area contributed by atoms with Crippen molar-refractivity contribution in [1.82, 2.24) is 4.98 Å². The average Bonchev–Trinajstić information content (AvgIpc) is 2.72. The van der Waals surface area contributed by atoms with Gasteiger partial charge in [-0.25, -0.2) is 0 Å². The molecule has 0 N–H and O–H groups in total. The molecule has 0 amide bonds. The van der Waals surface area contributed by atoms with E-state index in [1.165, 1.54) is 5.39 Å². The van der Waals surface area contributed by atoms with Gasteiger partial charge in [0.15, 0.2) is 0 Å². The van der Waals surface area contributed by atoms with Gasteiger partial charge in [-0.2, -0.15) is 0 Å². The van der Waals surface area contributed by atoms with Crippen LogP contribution in [0.2, 0.25) is 0 Å². The van der Waals surface area contributed by atoms with Gasteiger partial charge in [-0.1, -0.05) is 47.1 Å². The van der Waals surface area contributed by atoms with Gasteiger partial charge in [0.05, 0.1) is 17.7 Å². The standard InChI is InChI=1S/C18H22BrNO/c1-11-12(2)21-13(3)18(11)16(19)10-15-9-8-14-6-4-5-7-17(14)20-15/h4-9,11-13,16,18H,10H2,1-3H3. The van der Waals surface area contributed by atoms with Crippen molar-refractivity contribution in [3.05, 3.63) is 42.1 Å². The van der Waals surface area contributed by atoms with Crippen LogP contribution in [0, 0.1) is 11.8 Å². The van der Waals surface area contributed by atoms with Gasteiger partial charge in [0, 0.05) is 28.2 Å². The monoisotopic (exact) mass is 347 g/mol. The number of fused-ring (bicyclic) bond motifs is 1. The highest BCUT2D eigenvalue weighted by Gasteiger charge is 2.40. The Bertz CT molecular complexity index is 629. The fraction of sp³-hybridized carbons (Fsp3) is 0.500. The third-order valence-electron chi connectivity index (χ3n) is 4.80. The van der Waals surface area contributed by atoms with Gasteiger partial charge >= 0.3 is 0 Å². The van der Waals surface area contributed by atoms with Gasteiger partial charge < -0.3 is 4.74 Å². The molecule has 3 heteroatoms. The second kappa shape index (κ2) is 6.05. The van der Waals surface area contributed by atoms with Crippen LogP contribution in [-0.2, 0) is 11.2 Å². The van der Waals surface area contributed by atoms with Crippen molar-refractivity contribution in [3.8, 4) is 0 Å². The molecule has 1 aliphatic heterocycles. The van der Waals surface area contributed by atoms with E-state index in [-0.39, 0.29) is 0 Å². The lowest BCUT2D eigenvalue weighted by atomic mass is 9.85. The average molecular weight is 348 g/mol. The minimum absolute atomic E-state index is 0.305. The molecule has 0 spiro atoms. The zero-order chi connectivity index (χ0) is 15.0. The number of benzene rings is 1. The van der Waals surface area contributed by atoms with Crippen molar-refractivity contribution in [2.45, 2.75) is 44.2 Å². The Morgan fingerprint density at radius 3 is 2.57 bits per heavy atom. The van der Waals surface area contributed by atoms with Crippen LogP contribution in [-0.4, -0.2) is 22.0 Å². The highest BCUT2D eigenvalue weighted by molar-refractivity contribution is 9.09. The van der Waals surface area contributed by atoms with E-state index >= 15 is 0 Å². The third-order valence-corrected chi connectivity index (χ3v) is 5.73. The molecular formula is C18H22BrNO. The number of halogens is 1. The number of para-hydroxylation sites is 1. The molecule has 3 rings (SSSR count). The maximum Gasteiger partial charge on any atom is 0.0705 e. The predicted molar refractivity (Wildman–Crippen MR) is 90.8 cm³/mol. The summed E-state index contributed by atoms with van der Waals surface area (Å²) in [7, 11) is 0. The Hall–Kier alpha value is -0.930. The number of rotatable bonds is 3. The summed E-state index contributed by atoms with van der Waals surface area (Å²) in [4.78, 5) is 5.19. The van der Waals surface area contributed by atoms with Crippen molar-refractivity contribution in [1.29, 1.82) is 0 Å². The highest BCUT2D eigenvalue weighted by atomic mass is 79.9. The second-order valence-corrected chi connectivity index (χ2v) is 7.37. The van der Waals surface area contributed by atoms with Crippen molar-refractivity contribution >= 4 is 26.8 Å². The van der Waals surface area contributed by atoms with Crippen molar-refractivity contribution in [2.24, 2.45) is 11.8 Å². The van der Waals surface area contributed by atoms with Gasteiger partial charge in [-0.05, 0) is 31.9 Å². The molecule has 1 aromatic heterocycles. The summed E-state index contributed by atoms with van der Waals surface area (Å²) < 4.78 is 5.96. The Kier molecular flexibility index (Phi) is 4.32. The Balaban J connectivity index is 1.78. The molecule has 2 aromatic rings. The lowest BCUT2D eigenvalue weighted by Gasteiger charge is -2.24. The number of nitrogens with zero attached hydrogens (tertiary/aromatic N) is 1. The third kappa shape index (κ3) is 3.00. The van der Waals surface area contributed by atoms with Crippen LogP contribution in [0.5, 0.6) is 0 Å². The molecule has 0 bridgehead atoms. The quantitative estimate of drug-likeness (QED) is 0.757. The molecule has 1 aromatic carbocycles. The summed E-state index contributed by atoms with van der Waals surface area (Å²) in [5.41, 5.74) is 2.22. The van der Waals surface area contributed by atoms with Crippen molar-refractivity contribution in [2.75, 3.05) is 0 Å². The SMILES string of the molecule is CC1OC(C)C(C(Br)Cc2ccc3ccccc3n2)C1C. The number of aromatic nitrogens is 1. The smallest absolute Gasteiger partial charge is 0.0705 e. The normalized spacial score (nSPS) is 30.7. The summed E-state index contributed by atoms with van der Waals surface area (Å²) in [6, 6.07) is 12.6. The second-order valence-electron chi connectivity index (χ2n) is 6.20. The maximum atomic E-state index is 5.96. The fourth-order valence-electron chi connectivity index (χ4n) is 3.47. The lowest BCUT2D eigenvalue weighted by molar-refractivity contribution is 0.0511. The fourth-order valence-corrected chi connectivity index (χ4v) is 4.72. The topological polar surface area (TPSA) is 22.1 Å². The van der Waals surface area contributed by atoms with E-state index < -0.39 is 0 Å². The van der Waals surface area contributed by atoms with Crippen LogP contribution in [0.15, 0.2) is 36.4 Å². The van der Waals surface area contributed by atoms with E-state index in [4.69, 9.17) is 9.72 Å². The van der Waals surface area contributed by atoms with Gasteiger partial charge in [0.25, 0.3) is 0 Å². The molecule has 2 nitrogen and oxygen atoms in total. The maximum absolute atomic E-state index is 5.96. The number of hydrogen-bond acceptors (Lipinski definition) is 2. The molecule has 1 aliphatic rings. The summed E-state index contributed by atoms with van der Waals surface area (Å²) in [5, 5.41) is 1.20. The largest absolute Gasteiger partial charge is 0.375 e. The Morgan fingerprint density at radius 2 is 1.86 bits per heavy atom. The van der Waals surface area contributed by atoms with E-state index in [0.717, 1.165) is 17.6 Å². The van der Waals surface area contributed by atoms with E-state index in [0.29, 0.717) is 28.9 Å². The van der Waals surface area contributed by atoms with Gasteiger partial charge in [0.1, 0.15) is 0 Å². The molecule has 0 radical (unpaired) electrons. The first kappa shape index (κ1) is 15.0. The van der Waals surface area contributed by atoms with Crippen LogP contribution < -0.4 is 0 Å². The van der Waals surface area contributed by atoms with Crippen LogP contribution in [0.4, 0.5) is 0 Å². The molecule has 5 atom stereocenters. The molecule has 112 valence electrons. The van der Waals surface area contributed by atoms with Gasteiger partial charge in [-0.3, -0.25) is 4.98 Å². The number of alkyl halides is 1. The van der Waals surface area contributed by atoms with Crippen molar-refractivity contribution < 1.29 is 4.74 Å².